The van der Waals surface area contributed by atoms with Gasteiger partial charge >= 0.3 is 0 Å². The van der Waals surface area contributed by atoms with Crippen molar-refractivity contribution in [3.05, 3.63) is 34.0 Å². The standard InChI is InChI=1S/C14H16BrF2NO/c1-8(2)6-18-4-3-9-7-19-14-12(9)10(15)5-11(16)13(14)17/h5,7-8,18H,3-4,6H2,1-2H3. The number of nitrogens with one attached hydrogen (secondary N) is 1. The van der Waals surface area contributed by atoms with Gasteiger partial charge in [-0.2, -0.15) is 4.39 Å². The third kappa shape index (κ3) is 3.15. The average molecular weight is 332 g/mol. The van der Waals surface area contributed by atoms with Crippen LogP contribution in [-0.2, 0) is 6.42 Å². The van der Waals surface area contributed by atoms with Gasteiger partial charge in [0.15, 0.2) is 11.4 Å². The number of rotatable bonds is 5. The Kier molecular flexibility index (Phi) is 4.58. The number of furan rings is 1. The highest BCUT2D eigenvalue weighted by Crippen LogP contribution is 2.32. The van der Waals surface area contributed by atoms with Crippen LogP contribution in [0.3, 0.4) is 0 Å². The van der Waals surface area contributed by atoms with E-state index in [2.05, 4.69) is 35.1 Å². The van der Waals surface area contributed by atoms with Gasteiger partial charge in [-0.15, -0.1) is 0 Å². The Morgan fingerprint density at radius 2 is 2.11 bits per heavy atom. The number of halogens is 3. The van der Waals surface area contributed by atoms with Crippen molar-refractivity contribution in [3.63, 3.8) is 0 Å². The van der Waals surface area contributed by atoms with Crippen LogP contribution in [0.25, 0.3) is 11.0 Å². The van der Waals surface area contributed by atoms with Gasteiger partial charge in [0.25, 0.3) is 0 Å². The summed E-state index contributed by atoms with van der Waals surface area (Å²) in [7, 11) is 0. The molecule has 0 bridgehead atoms. The summed E-state index contributed by atoms with van der Waals surface area (Å²) in [6, 6.07) is 1.14. The molecule has 1 heterocycles. The van der Waals surface area contributed by atoms with Gasteiger partial charge in [-0.3, -0.25) is 0 Å². The summed E-state index contributed by atoms with van der Waals surface area (Å²) in [5, 5.41) is 3.92. The van der Waals surface area contributed by atoms with Gasteiger partial charge in [0, 0.05) is 15.4 Å². The van der Waals surface area contributed by atoms with Crippen LogP contribution in [0, 0.1) is 17.6 Å². The normalized spacial score (nSPS) is 11.7. The number of fused-ring (bicyclic) bond motifs is 1. The molecule has 19 heavy (non-hydrogen) atoms. The average Bonchev–Trinajstić information content (AvgIpc) is 2.76. The molecule has 0 spiro atoms. The van der Waals surface area contributed by atoms with Gasteiger partial charge in [0.05, 0.1) is 6.26 Å². The number of hydrogen-bond donors (Lipinski definition) is 1. The monoisotopic (exact) mass is 331 g/mol. The van der Waals surface area contributed by atoms with Crippen LogP contribution >= 0.6 is 15.9 Å². The summed E-state index contributed by atoms with van der Waals surface area (Å²) in [6.45, 7) is 5.97. The highest BCUT2D eigenvalue weighted by Gasteiger charge is 2.17. The maximum absolute atomic E-state index is 13.6. The molecule has 0 aliphatic carbocycles. The molecule has 1 aromatic heterocycles. The SMILES string of the molecule is CC(C)CNCCc1coc2c(F)c(F)cc(Br)c12. The molecule has 0 fully saturated rings. The van der Waals surface area contributed by atoms with Crippen LogP contribution in [0.2, 0.25) is 0 Å². The van der Waals surface area contributed by atoms with Crippen molar-refractivity contribution in [2.75, 3.05) is 13.1 Å². The van der Waals surface area contributed by atoms with Gasteiger partial charge in [-0.1, -0.05) is 13.8 Å². The fourth-order valence-electron chi connectivity index (χ4n) is 1.97. The first-order valence-corrected chi connectivity index (χ1v) is 7.04. The van der Waals surface area contributed by atoms with Crippen LogP contribution in [-0.4, -0.2) is 13.1 Å². The largest absolute Gasteiger partial charge is 0.461 e. The minimum atomic E-state index is -0.931. The Balaban J connectivity index is 2.19. The molecule has 1 aromatic carbocycles. The summed E-state index contributed by atoms with van der Waals surface area (Å²) in [5.41, 5.74) is 0.850. The van der Waals surface area contributed by atoms with Crippen molar-refractivity contribution in [2.45, 2.75) is 20.3 Å². The Morgan fingerprint density at radius 1 is 1.37 bits per heavy atom. The topological polar surface area (TPSA) is 25.2 Å². The van der Waals surface area contributed by atoms with E-state index in [1.165, 1.54) is 6.26 Å². The van der Waals surface area contributed by atoms with E-state index < -0.39 is 11.6 Å². The van der Waals surface area contributed by atoms with Crippen molar-refractivity contribution >= 4 is 26.9 Å². The second-order valence-electron chi connectivity index (χ2n) is 4.97. The lowest BCUT2D eigenvalue weighted by atomic mass is 10.1. The maximum atomic E-state index is 13.6. The van der Waals surface area contributed by atoms with Crippen molar-refractivity contribution in [3.8, 4) is 0 Å². The molecule has 104 valence electrons. The zero-order valence-corrected chi connectivity index (χ0v) is 12.5. The van der Waals surface area contributed by atoms with Crippen molar-refractivity contribution in [2.24, 2.45) is 5.92 Å². The van der Waals surface area contributed by atoms with E-state index in [4.69, 9.17) is 4.42 Å². The van der Waals surface area contributed by atoms with Gasteiger partial charge < -0.3 is 9.73 Å². The van der Waals surface area contributed by atoms with Gasteiger partial charge in [-0.05, 0) is 47.4 Å². The second kappa shape index (κ2) is 6.01. The van der Waals surface area contributed by atoms with Crippen LogP contribution in [0.15, 0.2) is 21.2 Å². The van der Waals surface area contributed by atoms with E-state index in [0.29, 0.717) is 22.2 Å². The highest BCUT2D eigenvalue weighted by atomic mass is 79.9. The predicted molar refractivity (Wildman–Crippen MR) is 75.2 cm³/mol. The highest BCUT2D eigenvalue weighted by molar-refractivity contribution is 9.10. The minimum absolute atomic E-state index is 0.0225. The summed E-state index contributed by atoms with van der Waals surface area (Å²) in [4.78, 5) is 0. The molecule has 0 saturated carbocycles. The Hall–Kier alpha value is -0.940. The molecule has 0 radical (unpaired) electrons. The lowest BCUT2D eigenvalue weighted by Crippen LogP contribution is -2.22. The molecule has 2 nitrogen and oxygen atoms in total. The van der Waals surface area contributed by atoms with Crippen LogP contribution in [0.1, 0.15) is 19.4 Å². The second-order valence-corrected chi connectivity index (χ2v) is 5.82. The molecule has 1 N–H and O–H groups in total. The molecule has 0 atom stereocenters. The Labute approximate surface area is 119 Å². The summed E-state index contributed by atoms with van der Waals surface area (Å²) >= 11 is 3.26. The third-order valence-electron chi connectivity index (χ3n) is 2.89. The molecular weight excluding hydrogens is 316 g/mol. The zero-order chi connectivity index (χ0) is 14.0. The van der Waals surface area contributed by atoms with Crippen LogP contribution < -0.4 is 5.32 Å². The van der Waals surface area contributed by atoms with Gasteiger partial charge in [0.1, 0.15) is 0 Å². The smallest absolute Gasteiger partial charge is 0.201 e. The zero-order valence-electron chi connectivity index (χ0n) is 10.9. The summed E-state index contributed by atoms with van der Waals surface area (Å²) in [6.07, 6.45) is 2.21. The summed E-state index contributed by atoms with van der Waals surface area (Å²) < 4.78 is 32.5. The summed E-state index contributed by atoms with van der Waals surface area (Å²) in [5.74, 6) is -1.25. The molecule has 0 unspecified atom stereocenters. The fourth-order valence-corrected chi connectivity index (χ4v) is 2.61. The first-order chi connectivity index (χ1) is 9.00. The number of benzene rings is 1. The van der Waals surface area contributed by atoms with Gasteiger partial charge in [0.2, 0.25) is 5.82 Å². The Bertz CT molecular complexity index is 580. The van der Waals surface area contributed by atoms with E-state index in [0.717, 1.165) is 24.7 Å². The quantitative estimate of drug-likeness (QED) is 0.654. The van der Waals surface area contributed by atoms with Crippen molar-refractivity contribution in [1.29, 1.82) is 0 Å². The molecule has 0 amide bonds. The lowest BCUT2D eigenvalue weighted by molar-refractivity contribution is 0.490. The van der Waals surface area contributed by atoms with E-state index in [1.807, 2.05) is 0 Å². The van der Waals surface area contributed by atoms with E-state index in [9.17, 15) is 8.78 Å². The minimum Gasteiger partial charge on any atom is -0.461 e. The van der Waals surface area contributed by atoms with Crippen LogP contribution in [0.4, 0.5) is 8.78 Å². The van der Waals surface area contributed by atoms with Crippen LogP contribution in [0.5, 0.6) is 0 Å². The predicted octanol–water partition coefficient (Wildman–Crippen LogP) is 4.26. The Morgan fingerprint density at radius 3 is 2.79 bits per heavy atom. The molecule has 5 heteroatoms. The van der Waals surface area contributed by atoms with E-state index in [1.54, 1.807) is 0 Å². The first kappa shape index (κ1) is 14.5. The third-order valence-corrected chi connectivity index (χ3v) is 3.52. The van der Waals surface area contributed by atoms with Crippen molar-refractivity contribution in [1.82, 2.24) is 5.32 Å². The fraction of sp³-hybridized carbons (Fsp3) is 0.429. The van der Waals surface area contributed by atoms with E-state index >= 15 is 0 Å². The molecule has 0 aliphatic heterocycles. The maximum Gasteiger partial charge on any atom is 0.201 e. The molecule has 2 rings (SSSR count). The lowest BCUT2D eigenvalue weighted by Gasteiger charge is -2.06. The molecule has 2 aromatic rings. The molecular formula is C14H16BrF2NO. The molecule has 0 saturated heterocycles. The number of hydrogen-bond acceptors (Lipinski definition) is 2. The van der Waals surface area contributed by atoms with E-state index in [-0.39, 0.29) is 5.58 Å². The van der Waals surface area contributed by atoms with Gasteiger partial charge in [-0.25, -0.2) is 4.39 Å². The molecule has 0 aliphatic rings. The first-order valence-electron chi connectivity index (χ1n) is 6.25. The van der Waals surface area contributed by atoms with Crippen molar-refractivity contribution < 1.29 is 13.2 Å².